The van der Waals surface area contributed by atoms with E-state index < -0.39 is 6.04 Å². The van der Waals surface area contributed by atoms with Crippen molar-refractivity contribution in [2.75, 3.05) is 45.9 Å². The van der Waals surface area contributed by atoms with Crippen LogP contribution in [0.15, 0.2) is 30.3 Å². The van der Waals surface area contributed by atoms with Gasteiger partial charge in [0.2, 0.25) is 5.91 Å². The number of nitrogens with two attached hydrogens (primary N) is 1. The highest BCUT2D eigenvalue weighted by atomic mass is 16.5. The van der Waals surface area contributed by atoms with Crippen LogP contribution < -0.4 is 5.73 Å². The summed E-state index contributed by atoms with van der Waals surface area (Å²) in [6.45, 7) is 6.45. The maximum atomic E-state index is 12.6. The SMILES string of the molecule is NC(Cc1ccccc1)C(=O)N1CCN(CC2CCOCC2)CC1. The van der Waals surface area contributed by atoms with Crippen molar-refractivity contribution in [3.8, 4) is 0 Å². The highest BCUT2D eigenvalue weighted by Gasteiger charge is 2.26. The molecule has 0 bridgehead atoms. The fraction of sp³-hybridized carbons (Fsp3) is 0.632. The normalized spacial score (nSPS) is 21.6. The highest BCUT2D eigenvalue weighted by molar-refractivity contribution is 5.82. The van der Waals surface area contributed by atoms with Gasteiger partial charge in [-0.15, -0.1) is 0 Å². The minimum absolute atomic E-state index is 0.0876. The summed E-state index contributed by atoms with van der Waals surface area (Å²) in [4.78, 5) is 17.0. The topological polar surface area (TPSA) is 58.8 Å². The Kier molecular flexibility index (Phi) is 6.24. The van der Waals surface area contributed by atoms with E-state index in [9.17, 15) is 4.79 Å². The van der Waals surface area contributed by atoms with Crippen molar-refractivity contribution in [3.05, 3.63) is 35.9 Å². The molecule has 2 saturated heterocycles. The van der Waals surface area contributed by atoms with Gasteiger partial charge in [0.1, 0.15) is 0 Å². The first-order chi connectivity index (χ1) is 11.7. The van der Waals surface area contributed by atoms with Crippen molar-refractivity contribution < 1.29 is 9.53 Å². The van der Waals surface area contributed by atoms with Crippen molar-refractivity contribution >= 4 is 5.91 Å². The summed E-state index contributed by atoms with van der Waals surface area (Å²) in [5.74, 6) is 0.839. The number of nitrogens with zero attached hydrogens (tertiary/aromatic N) is 2. The Bertz CT molecular complexity index is 509. The smallest absolute Gasteiger partial charge is 0.239 e. The van der Waals surface area contributed by atoms with Crippen LogP contribution in [0.2, 0.25) is 0 Å². The Morgan fingerprint density at radius 2 is 1.79 bits per heavy atom. The number of ether oxygens (including phenoxy) is 1. The number of benzene rings is 1. The Balaban J connectivity index is 1.42. The van der Waals surface area contributed by atoms with Crippen LogP contribution in [0.1, 0.15) is 18.4 Å². The van der Waals surface area contributed by atoms with Crippen LogP contribution in [0.4, 0.5) is 0 Å². The molecule has 2 aliphatic rings. The number of rotatable bonds is 5. The summed E-state index contributed by atoms with van der Waals surface area (Å²) in [5, 5.41) is 0. The molecule has 0 spiro atoms. The first kappa shape index (κ1) is 17.4. The molecule has 0 aromatic heterocycles. The van der Waals surface area contributed by atoms with Crippen LogP contribution in [-0.2, 0) is 16.0 Å². The van der Waals surface area contributed by atoms with E-state index in [0.717, 1.165) is 57.4 Å². The van der Waals surface area contributed by atoms with E-state index >= 15 is 0 Å². The van der Waals surface area contributed by atoms with Crippen molar-refractivity contribution in [3.63, 3.8) is 0 Å². The third-order valence-corrected chi connectivity index (χ3v) is 5.16. The van der Waals surface area contributed by atoms with Gasteiger partial charge >= 0.3 is 0 Å². The molecule has 1 atom stereocenters. The molecule has 2 fully saturated rings. The Morgan fingerprint density at radius 1 is 1.12 bits per heavy atom. The molecule has 5 nitrogen and oxygen atoms in total. The molecule has 5 heteroatoms. The minimum atomic E-state index is -0.436. The lowest BCUT2D eigenvalue weighted by atomic mass is 9.99. The average Bonchev–Trinajstić information content (AvgIpc) is 2.63. The summed E-state index contributed by atoms with van der Waals surface area (Å²) in [5.41, 5.74) is 7.27. The number of piperazine rings is 1. The predicted molar refractivity (Wildman–Crippen MR) is 94.7 cm³/mol. The van der Waals surface area contributed by atoms with Gasteiger partial charge in [0.25, 0.3) is 0 Å². The molecule has 0 aliphatic carbocycles. The van der Waals surface area contributed by atoms with E-state index in [1.807, 2.05) is 35.2 Å². The first-order valence-corrected chi connectivity index (χ1v) is 9.11. The van der Waals surface area contributed by atoms with Crippen LogP contribution in [0, 0.1) is 5.92 Å². The number of hydrogen-bond donors (Lipinski definition) is 1. The zero-order chi connectivity index (χ0) is 16.8. The van der Waals surface area contributed by atoms with E-state index in [4.69, 9.17) is 10.5 Å². The van der Waals surface area contributed by atoms with E-state index in [-0.39, 0.29) is 5.91 Å². The van der Waals surface area contributed by atoms with Gasteiger partial charge in [-0.2, -0.15) is 0 Å². The number of amides is 1. The van der Waals surface area contributed by atoms with Gasteiger partial charge in [0.15, 0.2) is 0 Å². The zero-order valence-corrected chi connectivity index (χ0v) is 14.4. The van der Waals surface area contributed by atoms with Gasteiger partial charge < -0.3 is 15.4 Å². The fourth-order valence-corrected chi connectivity index (χ4v) is 3.63. The second kappa shape index (κ2) is 8.60. The maximum absolute atomic E-state index is 12.6. The van der Waals surface area contributed by atoms with Gasteiger partial charge in [-0.05, 0) is 30.7 Å². The summed E-state index contributed by atoms with van der Waals surface area (Å²) in [7, 11) is 0. The van der Waals surface area contributed by atoms with Gasteiger partial charge in [-0.3, -0.25) is 9.69 Å². The summed E-state index contributed by atoms with van der Waals surface area (Å²) in [6.07, 6.45) is 2.95. The predicted octanol–water partition coefficient (Wildman–Crippen LogP) is 1.13. The lowest BCUT2D eigenvalue weighted by molar-refractivity contribution is -0.134. The summed E-state index contributed by atoms with van der Waals surface area (Å²) < 4.78 is 5.43. The second-order valence-electron chi connectivity index (χ2n) is 6.98. The Labute approximate surface area is 144 Å². The molecule has 1 unspecified atom stereocenters. The largest absolute Gasteiger partial charge is 0.381 e. The van der Waals surface area contributed by atoms with Crippen LogP contribution in [-0.4, -0.2) is 67.7 Å². The minimum Gasteiger partial charge on any atom is -0.381 e. The molecule has 2 aliphatic heterocycles. The molecule has 1 amide bonds. The molecule has 0 saturated carbocycles. The molecule has 1 aromatic carbocycles. The number of carbonyl (C=O) groups is 1. The zero-order valence-electron chi connectivity index (χ0n) is 14.4. The maximum Gasteiger partial charge on any atom is 0.239 e. The van der Waals surface area contributed by atoms with Crippen molar-refractivity contribution in [2.45, 2.75) is 25.3 Å². The number of carbonyl (C=O) groups excluding carboxylic acids is 1. The Hall–Kier alpha value is -1.43. The monoisotopic (exact) mass is 331 g/mol. The molecule has 3 rings (SSSR count). The standard InChI is InChI=1S/C19H29N3O2/c20-18(14-16-4-2-1-3-5-16)19(23)22-10-8-21(9-11-22)15-17-6-12-24-13-7-17/h1-5,17-18H,6-15,20H2. The van der Waals surface area contributed by atoms with Gasteiger partial charge in [-0.1, -0.05) is 30.3 Å². The van der Waals surface area contributed by atoms with E-state index in [0.29, 0.717) is 6.42 Å². The van der Waals surface area contributed by atoms with Gasteiger partial charge in [0.05, 0.1) is 6.04 Å². The highest BCUT2D eigenvalue weighted by Crippen LogP contribution is 2.17. The molecular formula is C19H29N3O2. The molecule has 24 heavy (non-hydrogen) atoms. The van der Waals surface area contributed by atoms with Crippen molar-refractivity contribution in [2.24, 2.45) is 11.7 Å². The van der Waals surface area contributed by atoms with Crippen LogP contribution in [0.3, 0.4) is 0 Å². The lowest BCUT2D eigenvalue weighted by Crippen LogP contribution is -2.54. The van der Waals surface area contributed by atoms with Gasteiger partial charge in [-0.25, -0.2) is 0 Å². The quantitative estimate of drug-likeness (QED) is 0.879. The van der Waals surface area contributed by atoms with Crippen LogP contribution >= 0.6 is 0 Å². The molecule has 132 valence electrons. The fourth-order valence-electron chi connectivity index (χ4n) is 3.63. The van der Waals surface area contributed by atoms with Crippen LogP contribution in [0.25, 0.3) is 0 Å². The third-order valence-electron chi connectivity index (χ3n) is 5.16. The van der Waals surface area contributed by atoms with Crippen molar-refractivity contribution in [1.29, 1.82) is 0 Å². The number of hydrogen-bond acceptors (Lipinski definition) is 4. The third kappa shape index (κ3) is 4.79. The van der Waals surface area contributed by atoms with Gasteiger partial charge in [0, 0.05) is 45.9 Å². The molecule has 2 N–H and O–H groups in total. The lowest BCUT2D eigenvalue weighted by Gasteiger charge is -2.38. The Morgan fingerprint density at radius 3 is 2.46 bits per heavy atom. The second-order valence-corrected chi connectivity index (χ2v) is 6.98. The molecule has 2 heterocycles. The molecule has 0 radical (unpaired) electrons. The van der Waals surface area contributed by atoms with E-state index in [1.165, 1.54) is 12.8 Å². The molecule has 1 aromatic rings. The first-order valence-electron chi connectivity index (χ1n) is 9.11. The van der Waals surface area contributed by atoms with Crippen molar-refractivity contribution in [1.82, 2.24) is 9.80 Å². The summed E-state index contributed by atoms with van der Waals surface area (Å²) >= 11 is 0. The van der Waals surface area contributed by atoms with Crippen LogP contribution in [0.5, 0.6) is 0 Å². The summed E-state index contributed by atoms with van der Waals surface area (Å²) in [6, 6.07) is 9.57. The average molecular weight is 331 g/mol. The van der Waals surface area contributed by atoms with E-state index in [2.05, 4.69) is 4.90 Å². The molecular weight excluding hydrogens is 302 g/mol. The van der Waals surface area contributed by atoms with E-state index in [1.54, 1.807) is 0 Å².